The second kappa shape index (κ2) is 6.02. The number of hydrogen-bond acceptors (Lipinski definition) is 4. The lowest BCUT2D eigenvalue weighted by molar-refractivity contribution is 0.0697. The average Bonchev–Trinajstić information content (AvgIpc) is 2.63. The fraction of sp³-hybridized carbons (Fsp3) is 0.150. The number of hydrogen-bond donors (Lipinski definition) is 1. The quantitative estimate of drug-likeness (QED) is 0.772. The summed E-state index contributed by atoms with van der Waals surface area (Å²) in [6.45, 7) is 0. The minimum Gasteiger partial charge on any atom is -0.478 e. The molecule has 0 saturated carbocycles. The summed E-state index contributed by atoms with van der Waals surface area (Å²) in [5.41, 5.74) is 2.90. The summed E-state index contributed by atoms with van der Waals surface area (Å²) in [5, 5.41) is 9.45. The van der Waals surface area contributed by atoms with Crippen LogP contribution in [0.2, 0.25) is 0 Å². The maximum atomic E-state index is 12.9. The molecule has 25 heavy (non-hydrogen) atoms. The third kappa shape index (κ3) is 2.74. The van der Waals surface area contributed by atoms with E-state index in [2.05, 4.69) is 4.98 Å². The van der Waals surface area contributed by atoms with Crippen molar-refractivity contribution in [1.29, 1.82) is 0 Å². The van der Waals surface area contributed by atoms with Crippen molar-refractivity contribution in [2.75, 3.05) is 0 Å². The minimum atomic E-state index is -1.06. The largest absolute Gasteiger partial charge is 0.478 e. The molecule has 124 valence electrons. The molecule has 0 aliphatic heterocycles. The summed E-state index contributed by atoms with van der Waals surface area (Å²) >= 11 is 0. The van der Waals surface area contributed by atoms with Crippen molar-refractivity contribution in [3.8, 4) is 0 Å². The lowest BCUT2D eigenvalue weighted by Crippen LogP contribution is -2.16. The number of aromatic carboxylic acids is 1. The van der Waals surface area contributed by atoms with Crippen molar-refractivity contribution in [2.45, 2.75) is 19.3 Å². The molecule has 1 aliphatic carbocycles. The molecule has 1 aliphatic rings. The molecule has 5 nitrogen and oxygen atoms in total. The lowest BCUT2D eigenvalue weighted by Gasteiger charge is -2.18. The van der Waals surface area contributed by atoms with E-state index in [1.165, 1.54) is 12.1 Å². The smallest absolute Gasteiger partial charge is 0.335 e. The van der Waals surface area contributed by atoms with E-state index in [0.717, 1.165) is 24.0 Å². The highest BCUT2D eigenvalue weighted by Gasteiger charge is 2.22. The Morgan fingerprint density at radius 1 is 1.24 bits per heavy atom. The number of allylic oxidation sites excluding steroid dienone is 1. The summed E-state index contributed by atoms with van der Waals surface area (Å²) < 4.78 is 6.00. The van der Waals surface area contributed by atoms with E-state index in [1.807, 2.05) is 18.2 Å². The molecule has 1 N–H and O–H groups in total. The van der Waals surface area contributed by atoms with Crippen LogP contribution in [0.5, 0.6) is 0 Å². The highest BCUT2D eigenvalue weighted by atomic mass is 16.4. The molecule has 0 saturated heterocycles. The average molecular weight is 333 g/mol. The van der Waals surface area contributed by atoms with Crippen LogP contribution in [-0.2, 0) is 6.42 Å². The predicted molar refractivity (Wildman–Crippen MR) is 94.5 cm³/mol. The number of carbonyl (C=O) groups is 1. The van der Waals surface area contributed by atoms with E-state index in [0.29, 0.717) is 28.7 Å². The van der Waals surface area contributed by atoms with Gasteiger partial charge in [0.1, 0.15) is 11.3 Å². The first kappa shape index (κ1) is 15.3. The van der Waals surface area contributed by atoms with Gasteiger partial charge in [-0.05, 0) is 60.7 Å². The van der Waals surface area contributed by atoms with Gasteiger partial charge in [0.25, 0.3) is 0 Å². The van der Waals surface area contributed by atoms with E-state index in [1.54, 1.807) is 18.5 Å². The van der Waals surface area contributed by atoms with Crippen LogP contribution in [0.1, 0.15) is 40.1 Å². The molecule has 2 aromatic heterocycles. The van der Waals surface area contributed by atoms with Gasteiger partial charge in [0, 0.05) is 18.0 Å². The third-order valence-electron chi connectivity index (χ3n) is 4.42. The molecule has 4 rings (SSSR count). The maximum absolute atomic E-state index is 12.9. The SMILES string of the molecule is O=C(O)c1ccc2oc3c(c(=O)c2c1)CCC/C3=C/c1cccnc1. The van der Waals surface area contributed by atoms with Crippen molar-refractivity contribution >= 4 is 28.6 Å². The monoisotopic (exact) mass is 333 g/mol. The molecule has 1 aromatic carbocycles. The Balaban J connectivity index is 1.92. The maximum Gasteiger partial charge on any atom is 0.335 e. The molecular formula is C20H15NO4. The van der Waals surface area contributed by atoms with Gasteiger partial charge in [-0.3, -0.25) is 9.78 Å². The van der Waals surface area contributed by atoms with Crippen molar-refractivity contribution in [3.63, 3.8) is 0 Å². The normalized spacial score (nSPS) is 15.3. The van der Waals surface area contributed by atoms with Gasteiger partial charge in [0.15, 0.2) is 5.43 Å². The number of pyridine rings is 1. The minimum absolute atomic E-state index is 0.0849. The second-order valence-electron chi connectivity index (χ2n) is 6.06. The summed E-state index contributed by atoms with van der Waals surface area (Å²) in [6.07, 6.45) is 7.78. The molecule has 0 bridgehead atoms. The Bertz CT molecular complexity index is 1060. The molecule has 0 fully saturated rings. The van der Waals surface area contributed by atoms with Gasteiger partial charge in [-0.25, -0.2) is 4.79 Å². The molecule has 0 spiro atoms. The number of carboxylic acid groups (broad SMARTS) is 1. The van der Waals surface area contributed by atoms with E-state index in [4.69, 9.17) is 9.52 Å². The van der Waals surface area contributed by atoms with Gasteiger partial charge in [0.2, 0.25) is 0 Å². The van der Waals surface area contributed by atoms with Crippen LogP contribution in [0, 0.1) is 0 Å². The molecule has 0 atom stereocenters. The first-order valence-electron chi connectivity index (χ1n) is 8.07. The first-order chi connectivity index (χ1) is 12.1. The van der Waals surface area contributed by atoms with Gasteiger partial charge in [-0.1, -0.05) is 6.07 Å². The van der Waals surface area contributed by atoms with Crippen LogP contribution >= 0.6 is 0 Å². The number of nitrogens with zero attached hydrogens (tertiary/aromatic N) is 1. The zero-order chi connectivity index (χ0) is 17.4. The number of fused-ring (bicyclic) bond motifs is 2. The Morgan fingerprint density at radius 3 is 2.88 bits per heavy atom. The topological polar surface area (TPSA) is 80.4 Å². The van der Waals surface area contributed by atoms with Crippen LogP contribution < -0.4 is 5.43 Å². The number of carboxylic acids is 1. The summed E-state index contributed by atoms with van der Waals surface area (Å²) in [5.74, 6) is -0.452. The number of aromatic nitrogens is 1. The lowest BCUT2D eigenvalue weighted by atomic mass is 9.90. The highest BCUT2D eigenvalue weighted by molar-refractivity contribution is 5.93. The van der Waals surface area contributed by atoms with E-state index in [-0.39, 0.29) is 11.0 Å². The van der Waals surface area contributed by atoms with Crippen LogP contribution in [0.15, 0.2) is 51.9 Å². The molecule has 0 radical (unpaired) electrons. The molecular weight excluding hydrogens is 318 g/mol. The molecule has 0 unspecified atom stereocenters. The van der Waals surface area contributed by atoms with Crippen molar-refractivity contribution in [2.24, 2.45) is 0 Å². The fourth-order valence-electron chi connectivity index (χ4n) is 3.22. The van der Waals surface area contributed by atoms with Gasteiger partial charge < -0.3 is 9.52 Å². The molecule has 0 amide bonds. The van der Waals surface area contributed by atoms with Crippen LogP contribution in [0.4, 0.5) is 0 Å². The van der Waals surface area contributed by atoms with Crippen molar-refractivity contribution < 1.29 is 14.3 Å². The summed E-state index contributed by atoms with van der Waals surface area (Å²) in [7, 11) is 0. The zero-order valence-corrected chi connectivity index (χ0v) is 13.4. The Kier molecular flexibility index (Phi) is 3.69. The second-order valence-corrected chi connectivity index (χ2v) is 6.06. The van der Waals surface area contributed by atoms with Crippen LogP contribution in [0.25, 0.3) is 22.6 Å². The van der Waals surface area contributed by atoms with Crippen molar-refractivity contribution in [1.82, 2.24) is 4.98 Å². The molecule has 3 aromatic rings. The first-order valence-corrected chi connectivity index (χ1v) is 8.07. The van der Waals surface area contributed by atoms with Gasteiger partial charge in [-0.15, -0.1) is 0 Å². The fourth-order valence-corrected chi connectivity index (χ4v) is 3.22. The Hall–Kier alpha value is -3.21. The van der Waals surface area contributed by atoms with Crippen molar-refractivity contribution in [3.05, 3.63) is 75.4 Å². The van der Waals surface area contributed by atoms with E-state index < -0.39 is 5.97 Å². The Morgan fingerprint density at radius 2 is 2.12 bits per heavy atom. The van der Waals surface area contributed by atoms with Crippen LogP contribution in [0.3, 0.4) is 0 Å². The van der Waals surface area contributed by atoms with Crippen LogP contribution in [-0.4, -0.2) is 16.1 Å². The van der Waals surface area contributed by atoms with Gasteiger partial charge in [0.05, 0.1) is 10.9 Å². The standard InChI is InChI=1S/C20H15NO4/c22-18-15-5-1-4-13(9-12-3-2-8-21-11-12)19(15)25-17-7-6-14(20(23)24)10-16(17)18/h2-3,6-11H,1,4-5H2,(H,23,24)/b13-9-. The van der Waals surface area contributed by atoms with Gasteiger partial charge >= 0.3 is 5.97 Å². The Labute approximate surface area is 143 Å². The summed E-state index contributed by atoms with van der Waals surface area (Å²) in [6, 6.07) is 8.21. The molecule has 5 heteroatoms. The predicted octanol–water partition coefficient (Wildman–Crippen LogP) is 3.76. The summed E-state index contributed by atoms with van der Waals surface area (Å²) in [4.78, 5) is 28.1. The highest BCUT2D eigenvalue weighted by Crippen LogP contribution is 2.33. The van der Waals surface area contributed by atoms with E-state index in [9.17, 15) is 9.59 Å². The third-order valence-corrected chi connectivity index (χ3v) is 4.42. The number of benzene rings is 1. The number of rotatable bonds is 2. The van der Waals surface area contributed by atoms with Gasteiger partial charge in [-0.2, -0.15) is 0 Å². The molecule has 2 heterocycles. The zero-order valence-electron chi connectivity index (χ0n) is 13.4. The van der Waals surface area contributed by atoms with E-state index >= 15 is 0 Å².